The van der Waals surface area contributed by atoms with Crippen molar-refractivity contribution in [3.05, 3.63) is 82.0 Å². The first-order valence-electron chi connectivity index (χ1n) is 7.86. The Hall–Kier alpha value is -3.41. The maximum atomic E-state index is 12.4. The number of nitrogens with one attached hydrogen (secondary N) is 2. The topological polar surface area (TPSA) is 84.1 Å². The first-order valence-corrected chi connectivity index (χ1v) is 7.86. The molecule has 1 amide bonds. The lowest BCUT2D eigenvalue weighted by molar-refractivity contribution is 0.0950. The molecule has 6 heteroatoms. The maximum absolute atomic E-state index is 12.4. The highest BCUT2D eigenvalue weighted by Crippen LogP contribution is 2.37. The zero-order valence-corrected chi connectivity index (χ0v) is 13.3. The second-order valence-electron chi connectivity index (χ2n) is 5.78. The quantitative estimate of drug-likeness (QED) is 0.770. The van der Waals surface area contributed by atoms with E-state index in [2.05, 4.69) is 15.3 Å². The van der Waals surface area contributed by atoms with Gasteiger partial charge < -0.3 is 15.0 Å². The van der Waals surface area contributed by atoms with Crippen LogP contribution in [0.3, 0.4) is 0 Å². The number of H-pyrrole nitrogens is 1. The molecule has 6 nitrogen and oxygen atoms in total. The molecule has 0 saturated carbocycles. The molecule has 2 N–H and O–H groups in total. The third-order valence-corrected chi connectivity index (χ3v) is 4.12. The fraction of sp³-hybridized carbons (Fsp3) is 0.105. The maximum Gasteiger partial charge on any atom is 0.251 e. The molecule has 3 aromatic rings. The molecule has 25 heavy (non-hydrogen) atoms. The van der Waals surface area contributed by atoms with Gasteiger partial charge >= 0.3 is 0 Å². The molecule has 1 aromatic carbocycles. The fourth-order valence-corrected chi connectivity index (χ4v) is 2.80. The molecular formula is C19H15N3O3. The number of rotatable bonds is 3. The Morgan fingerprint density at radius 1 is 1.20 bits per heavy atom. The summed E-state index contributed by atoms with van der Waals surface area (Å²) in [4.78, 5) is 30.1. The van der Waals surface area contributed by atoms with E-state index in [1.165, 1.54) is 6.07 Å². The van der Waals surface area contributed by atoms with Gasteiger partial charge in [-0.3, -0.25) is 14.6 Å². The minimum atomic E-state index is -0.196. The van der Waals surface area contributed by atoms with Crippen molar-refractivity contribution >= 4 is 5.91 Å². The van der Waals surface area contributed by atoms with Crippen LogP contribution in [0.4, 0.5) is 0 Å². The normalized spacial score (nSPS) is 11.8. The molecule has 0 fully saturated rings. The molecule has 1 aliphatic heterocycles. The van der Waals surface area contributed by atoms with Crippen LogP contribution < -0.4 is 15.6 Å². The van der Waals surface area contributed by atoms with E-state index in [1.54, 1.807) is 36.8 Å². The van der Waals surface area contributed by atoms with Crippen LogP contribution in [0.5, 0.6) is 5.75 Å². The van der Waals surface area contributed by atoms with Crippen LogP contribution in [0, 0.1) is 0 Å². The summed E-state index contributed by atoms with van der Waals surface area (Å²) in [5.41, 5.74) is 4.25. The third-order valence-electron chi connectivity index (χ3n) is 4.12. The van der Waals surface area contributed by atoms with Gasteiger partial charge in [-0.15, -0.1) is 0 Å². The van der Waals surface area contributed by atoms with E-state index in [-0.39, 0.29) is 11.5 Å². The Balaban J connectivity index is 1.53. The molecule has 1 aliphatic rings. The van der Waals surface area contributed by atoms with E-state index in [1.807, 2.05) is 12.1 Å². The van der Waals surface area contributed by atoms with Crippen molar-refractivity contribution in [2.24, 2.45) is 0 Å². The fourth-order valence-electron chi connectivity index (χ4n) is 2.80. The number of hydrogen-bond acceptors (Lipinski definition) is 4. The second kappa shape index (κ2) is 6.24. The van der Waals surface area contributed by atoms with Gasteiger partial charge in [-0.2, -0.15) is 0 Å². The van der Waals surface area contributed by atoms with Crippen molar-refractivity contribution in [1.82, 2.24) is 15.3 Å². The van der Waals surface area contributed by atoms with Gasteiger partial charge in [0.25, 0.3) is 5.91 Å². The van der Waals surface area contributed by atoms with E-state index in [0.717, 1.165) is 22.3 Å². The summed E-state index contributed by atoms with van der Waals surface area (Å²) in [6.45, 7) is 0.778. The predicted octanol–water partition coefficient (Wildman–Crippen LogP) is 2.26. The Morgan fingerprint density at radius 2 is 2.12 bits per heavy atom. The molecule has 0 bridgehead atoms. The van der Waals surface area contributed by atoms with Crippen molar-refractivity contribution in [3.8, 4) is 16.9 Å². The van der Waals surface area contributed by atoms with E-state index in [4.69, 9.17) is 4.74 Å². The van der Waals surface area contributed by atoms with Gasteiger partial charge in [0, 0.05) is 47.9 Å². The standard InChI is InChI=1S/C19H15N3O3/c23-18-4-1-12(8-21-18)9-22-19(24)13-2-3-16-15-5-6-20-10-14(15)11-25-17(16)7-13/h1-8,10H,9,11H2,(H,21,23)(H,22,24). The highest BCUT2D eigenvalue weighted by Gasteiger charge is 2.18. The van der Waals surface area contributed by atoms with Crippen molar-refractivity contribution < 1.29 is 9.53 Å². The van der Waals surface area contributed by atoms with E-state index >= 15 is 0 Å². The number of benzene rings is 1. The number of carbonyl (C=O) groups excluding carboxylic acids is 1. The van der Waals surface area contributed by atoms with E-state index in [9.17, 15) is 9.59 Å². The lowest BCUT2D eigenvalue weighted by Gasteiger charge is -2.20. The zero-order valence-electron chi connectivity index (χ0n) is 13.3. The molecule has 0 unspecified atom stereocenters. The lowest BCUT2D eigenvalue weighted by Crippen LogP contribution is -2.23. The van der Waals surface area contributed by atoms with Gasteiger partial charge in [-0.1, -0.05) is 6.07 Å². The van der Waals surface area contributed by atoms with Crippen LogP contribution in [-0.4, -0.2) is 15.9 Å². The lowest BCUT2D eigenvalue weighted by atomic mass is 9.97. The first-order chi connectivity index (χ1) is 12.2. The predicted molar refractivity (Wildman–Crippen MR) is 92.2 cm³/mol. The summed E-state index contributed by atoms with van der Waals surface area (Å²) in [5.74, 6) is 0.494. The molecule has 3 heterocycles. The molecule has 0 saturated heterocycles. The van der Waals surface area contributed by atoms with Crippen molar-refractivity contribution in [2.45, 2.75) is 13.2 Å². The molecule has 4 rings (SSSR count). The van der Waals surface area contributed by atoms with Gasteiger partial charge in [0.05, 0.1) is 0 Å². The average molecular weight is 333 g/mol. The van der Waals surface area contributed by atoms with Crippen molar-refractivity contribution in [2.75, 3.05) is 0 Å². The Kier molecular flexibility index (Phi) is 3.78. The van der Waals surface area contributed by atoms with E-state index < -0.39 is 0 Å². The van der Waals surface area contributed by atoms with Crippen molar-refractivity contribution in [1.29, 1.82) is 0 Å². The van der Waals surface area contributed by atoms with Crippen LogP contribution >= 0.6 is 0 Å². The smallest absolute Gasteiger partial charge is 0.251 e. The summed E-state index contributed by atoms with van der Waals surface area (Å²) in [6, 6.07) is 10.5. The van der Waals surface area contributed by atoms with Crippen LogP contribution in [0.2, 0.25) is 0 Å². The summed E-state index contributed by atoms with van der Waals surface area (Å²) in [7, 11) is 0. The number of amides is 1. The Labute approximate surface area is 143 Å². The number of pyridine rings is 2. The number of aromatic amines is 1. The number of aromatic nitrogens is 2. The number of fused-ring (bicyclic) bond motifs is 3. The minimum absolute atomic E-state index is 0.169. The summed E-state index contributed by atoms with van der Waals surface area (Å²) >= 11 is 0. The molecule has 0 radical (unpaired) electrons. The Bertz CT molecular complexity index is 990. The monoisotopic (exact) mass is 333 g/mol. The highest BCUT2D eigenvalue weighted by atomic mass is 16.5. The molecule has 0 aliphatic carbocycles. The summed E-state index contributed by atoms with van der Waals surface area (Å²) < 4.78 is 5.76. The molecule has 124 valence electrons. The van der Waals surface area contributed by atoms with Crippen LogP contribution in [0.1, 0.15) is 21.5 Å². The summed E-state index contributed by atoms with van der Waals surface area (Å²) in [5, 5.41) is 2.83. The third kappa shape index (κ3) is 3.01. The van der Waals surface area contributed by atoms with Crippen LogP contribution in [-0.2, 0) is 13.2 Å². The van der Waals surface area contributed by atoms with Gasteiger partial charge in [0.1, 0.15) is 12.4 Å². The Morgan fingerprint density at radius 3 is 2.96 bits per heavy atom. The van der Waals surface area contributed by atoms with Gasteiger partial charge in [-0.25, -0.2) is 0 Å². The highest BCUT2D eigenvalue weighted by molar-refractivity contribution is 5.95. The first kappa shape index (κ1) is 15.1. The van der Waals surface area contributed by atoms with Crippen LogP contribution in [0.25, 0.3) is 11.1 Å². The van der Waals surface area contributed by atoms with Crippen molar-refractivity contribution in [3.63, 3.8) is 0 Å². The summed E-state index contributed by atoms with van der Waals surface area (Å²) in [6.07, 6.45) is 5.13. The molecular weight excluding hydrogens is 318 g/mol. The zero-order chi connectivity index (χ0) is 17.2. The average Bonchev–Trinajstić information content (AvgIpc) is 2.66. The van der Waals surface area contributed by atoms with Crippen LogP contribution in [0.15, 0.2) is 59.8 Å². The minimum Gasteiger partial charge on any atom is -0.488 e. The van der Waals surface area contributed by atoms with Gasteiger partial charge in [0.2, 0.25) is 5.56 Å². The second-order valence-corrected chi connectivity index (χ2v) is 5.78. The van der Waals surface area contributed by atoms with Gasteiger partial charge in [-0.05, 0) is 35.4 Å². The number of hydrogen-bond donors (Lipinski definition) is 2. The molecule has 0 spiro atoms. The number of nitrogens with zero attached hydrogens (tertiary/aromatic N) is 1. The molecule has 2 aromatic heterocycles. The van der Waals surface area contributed by atoms with E-state index in [0.29, 0.717) is 24.5 Å². The largest absolute Gasteiger partial charge is 0.488 e. The number of ether oxygens (including phenoxy) is 1. The molecule has 0 atom stereocenters. The number of carbonyl (C=O) groups is 1. The SMILES string of the molecule is O=C(NCc1ccc(=O)[nH]c1)c1ccc2c(c1)OCc1cnccc1-2. The van der Waals surface area contributed by atoms with Gasteiger partial charge in [0.15, 0.2) is 0 Å².